The molecule has 0 atom stereocenters. The maximum Gasteiger partial charge on any atom is 0.254 e. The van der Waals surface area contributed by atoms with E-state index in [9.17, 15) is 9.59 Å². The molecule has 132 valence electrons. The number of hydrogen-bond donors (Lipinski definition) is 0. The van der Waals surface area contributed by atoms with Gasteiger partial charge in [-0.2, -0.15) is 0 Å². The second kappa shape index (κ2) is 6.63. The summed E-state index contributed by atoms with van der Waals surface area (Å²) in [7, 11) is 0. The highest BCUT2D eigenvalue weighted by molar-refractivity contribution is 5.97. The Morgan fingerprint density at radius 2 is 1.58 bits per heavy atom. The third kappa shape index (κ3) is 3.06. The van der Waals surface area contributed by atoms with Crippen LogP contribution in [0.2, 0.25) is 0 Å². The molecule has 3 aromatic rings. The molecule has 0 radical (unpaired) electrons. The summed E-state index contributed by atoms with van der Waals surface area (Å²) in [5, 5.41) is 0. The molecule has 6 nitrogen and oxygen atoms in total. The van der Waals surface area contributed by atoms with Crippen LogP contribution in [0.3, 0.4) is 0 Å². The number of carbonyl (C=O) groups is 2. The number of amides is 2. The molecule has 0 aliphatic carbocycles. The zero-order valence-corrected chi connectivity index (χ0v) is 14.5. The standard InChI is InChI=1S/C20H19N3O3/c1-14-3-2-4-15(11-14)19(24)22-7-9-23(10-8-22)20(25)16-5-6-17-18(12-16)26-13-21-17/h2-6,11-13H,7-10H2,1H3. The van der Waals surface area contributed by atoms with Gasteiger partial charge in [0.25, 0.3) is 11.8 Å². The summed E-state index contributed by atoms with van der Waals surface area (Å²) in [6.07, 6.45) is 1.37. The fourth-order valence-electron chi connectivity index (χ4n) is 3.24. The molecule has 1 aliphatic rings. The minimum atomic E-state index is -0.0500. The number of nitrogens with zero attached hydrogens (tertiary/aromatic N) is 3. The first-order chi connectivity index (χ1) is 12.6. The van der Waals surface area contributed by atoms with E-state index < -0.39 is 0 Å². The Kier molecular flexibility index (Phi) is 4.16. The number of hydrogen-bond acceptors (Lipinski definition) is 4. The van der Waals surface area contributed by atoms with Gasteiger partial charge in [-0.15, -0.1) is 0 Å². The lowest BCUT2D eigenvalue weighted by molar-refractivity contribution is 0.0535. The van der Waals surface area contributed by atoms with Crippen molar-refractivity contribution in [2.24, 2.45) is 0 Å². The molecule has 0 N–H and O–H groups in total. The van der Waals surface area contributed by atoms with Gasteiger partial charge in [-0.25, -0.2) is 4.98 Å². The lowest BCUT2D eigenvalue weighted by Crippen LogP contribution is -2.50. The van der Waals surface area contributed by atoms with Gasteiger partial charge >= 0.3 is 0 Å². The van der Waals surface area contributed by atoms with Crippen LogP contribution >= 0.6 is 0 Å². The molecule has 4 rings (SSSR count). The van der Waals surface area contributed by atoms with Gasteiger partial charge in [-0.05, 0) is 37.3 Å². The highest BCUT2D eigenvalue weighted by Crippen LogP contribution is 2.17. The second-order valence-corrected chi connectivity index (χ2v) is 6.49. The lowest BCUT2D eigenvalue weighted by Gasteiger charge is -2.35. The van der Waals surface area contributed by atoms with Crippen LogP contribution in [0.15, 0.2) is 53.3 Å². The largest absolute Gasteiger partial charge is 0.443 e. The van der Waals surface area contributed by atoms with Crippen molar-refractivity contribution >= 4 is 22.9 Å². The third-order valence-electron chi connectivity index (χ3n) is 4.70. The number of aromatic nitrogens is 1. The molecule has 1 fully saturated rings. The quantitative estimate of drug-likeness (QED) is 0.713. The number of oxazole rings is 1. The van der Waals surface area contributed by atoms with Crippen LogP contribution in [-0.2, 0) is 0 Å². The van der Waals surface area contributed by atoms with E-state index in [4.69, 9.17) is 4.42 Å². The number of aryl methyl sites for hydroxylation is 1. The third-order valence-corrected chi connectivity index (χ3v) is 4.70. The van der Waals surface area contributed by atoms with Crippen molar-refractivity contribution in [3.8, 4) is 0 Å². The molecule has 1 aromatic heterocycles. The molecule has 2 heterocycles. The van der Waals surface area contributed by atoms with Gasteiger partial charge in [0.15, 0.2) is 12.0 Å². The highest BCUT2D eigenvalue weighted by Gasteiger charge is 2.25. The highest BCUT2D eigenvalue weighted by atomic mass is 16.3. The molecule has 1 saturated heterocycles. The van der Waals surface area contributed by atoms with E-state index in [0.717, 1.165) is 11.1 Å². The van der Waals surface area contributed by atoms with Crippen LogP contribution in [0.1, 0.15) is 26.3 Å². The fraction of sp³-hybridized carbons (Fsp3) is 0.250. The Morgan fingerprint density at radius 3 is 2.23 bits per heavy atom. The van der Waals surface area contributed by atoms with E-state index in [1.165, 1.54) is 6.39 Å². The SMILES string of the molecule is Cc1cccc(C(=O)N2CCN(C(=O)c3ccc4ncoc4c3)CC2)c1. The van der Waals surface area contributed by atoms with Gasteiger partial charge in [0, 0.05) is 37.3 Å². The number of piperazine rings is 1. The lowest BCUT2D eigenvalue weighted by atomic mass is 10.1. The van der Waals surface area contributed by atoms with Crippen molar-refractivity contribution in [2.45, 2.75) is 6.92 Å². The molecule has 26 heavy (non-hydrogen) atoms. The first-order valence-electron chi connectivity index (χ1n) is 8.60. The van der Waals surface area contributed by atoms with Crippen molar-refractivity contribution in [1.29, 1.82) is 0 Å². The van der Waals surface area contributed by atoms with Gasteiger partial charge in [0.1, 0.15) is 5.52 Å². The summed E-state index contributed by atoms with van der Waals surface area (Å²) in [6.45, 7) is 4.07. The molecule has 2 aromatic carbocycles. The van der Waals surface area contributed by atoms with Crippen LogP contribution in [0.4, 0.5) is 0 Å². The van der Waals surface area contributed by atoms with Crippen LogP contribution in [0, 0.1) is 6.92 Å². The number of carbonyl (C=O) groups excluding carboxylic acids is 2. The topological polar surface area (TPSA) is 66.7 Å². The van der Waals surface area contributed by atoms with Crippen LogP contribution in [0.25, 0.3) is 11.1 Å². The maximum absolute atomic E-state index is 12.7. The Morgan fingerprint density at radius 1 is 0.923 bits per heavy atom. The van der Waals surface area contributed by atoms with Crippen molar-refractivity contribution in [3.05, 3.63) is 65.5 Å². The number of benzene rings is 2. The molecular weight excluding hydrogens is 330 g/mol. The van der Waals surface area contributed by atoms with Crippen LogP contribution in [-0.4, -0.2) is 52.8 Å². The average Bonchev–Trinajstić information content (AvgIpc) is 3.15. The predicted molar refractivity (Wildman–Crippen MR) is 97.0 cm³/mol. The van der Waals surface area contributed by atoms with Gasteiger partial charge in [-0.3, -0.25) is 9.59 Å². The zero-order chi connectivity index (χ0) is 18.1. The molecule has 0 unspecified atom stereocenters. The predicted octanol–water partition coefficient (Wildman–Crippen LogP) is 2.73. The normalized spacial score (nSPS) is 14.7. The summed E-state index contributed by atoms with van der Waals surface area (Å²) < 4.78 is 5.27. The van der Waals surface area contributed by atoms with E-state index in [1.807, 2.05) is 31.2 Å². The fourth-order valence-corrected chi connectivity index (χ4v) is 3.24. The zero-order valence-electron chi connectivity index (χ0n) is 14.5. The summed E-state index contributed by atoms with van der Waals surface area (Å²) in [6, 6.07) is 12.8. The van der Waals surface area contributed by atoms with Crippen molar-refractivity contribution in [2.75, 3.05) is 26.2 Å². The molecule has 0 spiro atoms. The summed E-state index contributed by atoms with van der Waals surface area (Å²) in [4.78, 5) is 33.0. The maximum atomic E-state index is 12.7. The first-order valence-corrected chi connectivity index (χ1v) is 8.60. The smallest absolute Gasteiger partial charge is 0.254 e. The van der Waals surface area contributed by atoms with Crippen molar-refractivity contribution in [3.63, 3.8) is 0 Å². The summed E-state index contributed by atoms with van der Waals surface area (Å²) in [5.41, 5.74) is 3.67. The molecule has 6 heteroatoms. The monoisotopic (exact) mass is 349 g/mol. The van der Waals surface area contributed by atoms with E-state index >= 15 is 0 Å². The molecule has 1 aliphatic heterocycles. The number of rotatable bonds is 2. The van der Waals surface area contributed by atoms with Gasteiger partial charge < -0.3 is 14.2 Å². The Hall–Kier alpha value is -3.15. The summed E-state index contributed by atoms with van der Waals surface area (Å²) >= 11 is 0. The van der Waals surface area contributed by atoms with Crippen molar-refractivity contribution in [1.82, 2.24) is 14.8 Å². The number of fused-ring (bicyclic) bond motifs is 1. The van der Waals surface area contributed by atoms with E-state index in [2.05, 4.69) is 4.98 Å². The van der Waals surface area contributed by atoms with Crippen molar-refractivity contribution < 1.29 is 14.0 Å². The first kappa shape index (κ1) is 16.3. The second-order valence-electron chi connectivity index (χ2n) is 6.49. The Bertz CT molecular complexity index is 971. The molecule has 2 amide bonds. The Balaban J connectivity index is 1.42. The van der Waals surface area contributed by atoms with Gasteiger partial charge in [0.2, 0.25) is 0 Å². The van der Waals surface area contributed by atoms with Crippen LogP contribution in [0.5, 0.6) is 0 Å². The van der Waals surface area contributed by atoms with E-state index in [1.54, 1.807) is 28.0 Å². The van der Waals surface area contributed by atoms with Gasteiger partial charge in [0.05, 0.1) is 0 Å². The van der Waals surface area contributed by atoms with E-state index in [0.29, 0.717) is 42.9 Å². The minimum Gasteiger partial charge on any atom is -0.443 e. The Labute approximate surface area is 151 Å². The van der Waals surface area contributed by atoms with E-state index in [-0.39, 0.29) is 11.8 Å². The minimum absolute atomic E-state index is 0.0175. The average molecular weight is 349 g/mol. The van der Waals surface area contributed by atoms with Gasteiger partial charge in [-0.1, -0.05) is 17.7 Å². The van der Waals surface area contributed by atoms with Crippen LogP contribution < -0.4 is 0 Å². The molecule has 0 saturated carbocycles. The summed E-state index contributed by atoms with van der Waals surface area (Å²) in [5.74, 6) is -0.0326. The molecule has 0 bridgehead atoms. The molecular formula is C20H19N3O3.